The molecule has 0 spiro atoms. The van der Waals surface area contributed by atoms with E-state index in [9.17, 15) is 18.0 Å². The highest BCUT2D eigenvalue weighted by Crippen LogP contribution is 2.30. The molecule has 0 unspecified atom stereocenters. The van der Waals surface area contributed by atoms with Gasteiger partial charge in [-0.2, -0.15) is 0 Å². The van der Waals surface area contributed by atoms with Crippen molar-refractivity contribution in [2.75, 3.05) is 12.4 Å². The summed E-state index contributed by atoms with van der Waals surface area (Å²) >= 11 is 0. The minimum atomic E-state index is -4.67. The van der Waals surface area contributed by atoms with Gasteiger partial charge in [0.25, 0.3) is 15.9 Å². The summed E-state index contributed by atoms with van der Waals surface area (Å²) in [6, 6.07) is 13.5. The van der Waals surface area contributed by atoms with Crippen LogP contribution in [0, 0.1) is 6.85 Å². The van der Waals surface area contributed by atoms with Gasteiger partial charge in [-0.3, -0.25) is 10.1 Å². The topological polar surface area (TPSA) is 116 Å². The Labute approximate surface area is 253 Å². The molecule has 0 aliphatic heterocycles. The Morgan fingerprint density at radius 2 is 1.88 bits per heavy atom. The van der Waals surface area contributed by atoms with Gasteiger partial charge >= 0.3 is 6.09 Å². The molecule has 1 fully saturated rings. The van der Waals surface area contributed by atoms with E-state index in [2.05, 4.69) is 5.32 Å². The monoisotopic (exact) mass is 585 g/mol. The molecule has 1 heterocycles. The second-order valence-corrected chi connectivity index (χ2v) is 11.1. The Bertz CT molecular complexity index is 2100. The largest absolute Gasteiger partial charge is 0.496 e. The van der Waals surface area contributed by atoms with Gasteiger partial charge in [0.05, 0.1) is 16.0 Å². The lowest BCUT2D eigenvalue weighted by Crippen LogP contribution is -2.31. The molecule has 0 saturated heterocycles. The number of carbonyl (C=O) groups is 2. The lowest BCUT2D eigenvalue weighted by atomic mass is 10.0. The molecule has 1 saturated carbocycles. The molecular weight excluding hydrogens is 542 g/mol. The number of hydrogen-bond donors (Lipinski definition) is 2. The van der Waals surface area contributed by atoms with Crippen LogP contribution in [0.5, 0.6) is 5.75 Å². The molecule has 2 N–H and O–H groups in total. The molecule has 1 aliphatic carbocycles. The molecule has 1 aromatic heterocycles. The number of aromatic nitrogens is 1. The second kappa shape index (κ2) is 11.7. The number of nitrogens with zero attached hydrogens (tertiary/aromatic N) is 1. The number of ether oxygens (including phenoxy) is 2. The highest BCUT2D eigenvalue weighted by molar-refractivity contribution is 7.90. The number of sulfonamides is 1. The third-order valence-electron chi connectivity index (χ3n) is 6.60. The van der Waals surface area contributed by atoms with Gasteiger partial charge in [0.1, 0.15) is 11.9 Å². The van der Waals surface area contributed by atoms with Crippen LogP contribution >= 0.6 is 0 Å². The Balaban J connectivity index is 1.40. The third kappa shape index (κ3) is 6.22. The number of carbonyl (C=O) groups excluding carboxylic acids is 2. The summed E-state index contributed by atoms with van der Waals surface area (Å²) in [7, 11) is -5.85. The maximum absolute atomic E-state index is 13.1. The number of benzene rings is 3. The Kier molecular flexibility index (Phi) is 5.17. The minimum absolute atomic E-state index is 0.0645. The fourth-order valence-corrected chi connectivity index (χ4v) is 5.68. The maximum Gasteiger partial charge on any atom is 0.411 e. The van der Waals surface area contributed by atoms with Gasteiger partial charge in [0.15, 0.2) is 0 Å². The predicted molar refractivity (Wildman–Crippen MR) is 157 cm³/mol. The van der Waals surface area contributed by atoms with Gasteiger partial charge in [-0.15, -0.1) is 0 Å². The standard InChI is InChI=1S/C31H33N3O6S/c1-20-8-4-7-11-29(20)41(37,38)33-30(35)22-13-12-21(28(17-22)39-3)16-23-19-34(2)27-15-14-24(18-26(23)27)32-31(36)40-25-9-5-6-10-25/h4,7-8,11-15,17-19,25H,5-6,9-10,16H2,1-3H3,(H,32,36)(H,33,35)/i1D3,3D3,5D2,6D2. The van der Waals surface area contributed by atoms with Crippen LogP contribution in [-0.4, -0.2) is 38.1 Å². The molecule has 5 rings (SSSR count). The summed E-state index contributed by atoms with van der Waals surface area (Å²) in [5.41, 5.74) is 1.25. The average Bonchev–Trinajstić information content (AvgIpc) is 3.40. The van der Waals surface area contributed by atoms with E-state index in [1.165, 1.54) is 24.3 Å². The summed E-state index contributed by atoms with van der Waals surface area (Å²) < 4.78 is 118. The fourth-order valence-electron chi connectivity index (χ4n) is 4.60. The van der Waals surface area contributed by atoms with Crippen molar-refractivity contribution in [1.82, 2.24) is 9.29 Å². The molecule has 0 bridgehead atoms. The number of fused-ring (bicyclic) bond motifs is 1. The van der Waals surface area contributed by atoms with Crippen molar-refractivity contribution in [3.63, 3.8) is 0 Å². The van der Waals surface area contributed by atoms with Crippen molar-refractivity contribution in [2.24, 2.45) is 7.05 Å². The van der Waals surface area contributed by atoms with E-state index in [1.54, 1.807) is 36.0 Å². The van der Waals surface area contributed by atoms with Gasteiger partial charge in [-0.1, -0.05) is 24.3 Å². The summed E-state index contributed by atoms with van der Waals surface area (Å²) in [5, 5.41) is 3.22. The summed E-state index contributed by atoms with van der Waals surface area (Å²) in [6.07, 6.45) is -4.89. The molecule has 0 radical (unpaired) electrons. The van der Waals surface area contributed by atoms with E-state index >= 15 is 0 Å². The van der Waals surface area contributed by atoms with Crippen molar-refractivity contribution >= 4 is 38.6 Å². The predicted octanol–water partition coefficient (Wildman–Crippen LogP) is 5.70. The van der Waals surface area contributed by atoms with Crippen molar-refractivity contribution < 1.29 is 41.2 Å². The van der Waals surface area contributed by atoms with Crippen molar-refractivity contribution in [3.05, 3.63) is 89.1 Å². The van der Waals surface area contributed by atoms with Crippen LogP contribution in [0.1, 0.15) is 66.3 Å². The van der Waals surface area contributed by atoms with Crippen LogP contribution in [0.3, 0.4) is 0 Å². The molecule has 0 atom stereocenters. The summed E-state index contributed by atoms with van der Waals surface area (Å²) in [5.74, 6) is -1.40. The first-order valence-corrected chi connectivity index (χ1v) is 14.0. The molecule has 1 aliphatic rings. The van der Waals surface area contributed by atoms with Gasteiger partial charge in [0, 0.05) is 51.4 Å². The third-order valence-corrected chi connectivity index (χ3v) is 7.99. The molecule has 214 valence electrons. The summed E-state index contributed by atoms with van der Waals surface area (Å²) in [6.45, 7) is -2.79. The van der Waals surface area contributed by atoms with E-state index in [4.69, 9.17) is 23.2 Å². The van der Waals surface area contributed by atoms with Crippen molar-refractivity contribution in [3.8, 4) is 5.75 Å². The van der Waals surface area contributed by atoms with E-state index in [-0.39, 0.29) is 30.6 Å². The lowest BCUT2D eigenvalue weighted by Gasteiger charge is -2.13. The minimum Gasteiger partial charge on any atom is -0.496 e. The first-order valence-electron chi connectivity index (χ1n) is 17.5. The number of amides is 2. The molecule has 9 nitrogen and oxygen atoms in total. The zero-order valence-electron chi connectivity index (χ0n) is 31.9. The van der Waals surface area contributed by atoms with E-state index < -0.39 is 65.2 Å². The number of hydrogen-bond acceptors (Lipinski definition) is 6. The fraction of sp³-hybridized carbons (Fsp3) is 0.290. The Morgan fingerprint density at radius 3 is 2.66 bits per heavy atom. The Morgan fingerprint density at radius 1 is 1.07 bits per heavy atom. The number of rotatable bonds is 8. The van der Waals surface area contributed by atoms with Gasteiger partial charge < -0.3 is 14.0 Å². The molecule has 4 aromatic rings. The molecule has 3 aromatic carbocycles. The maximum atomic E-state index is 13.1. The van der Waals surface area contributed by atoms with Crippen LogP contribution in [0.2, 0.25) is 0 Å². The zero-order valence-corrected chi connectivity index (χ0v) is 22.7. The van der Waals surface area contributed by atoms with E-state index in [0.29, 0.717) is 22.2 Å². The van der Waals surface area contributed by atoms with Crippen LogP contribution in [0.4, 0.5) is 10.5 Å². The van der Waals surface area contributed by atoms with Crippen LogP contribution < -0.4 is 14.8 Å². The van der Waals surface area contributed by atoms with E-state index in [0.717, 1.165) is 23.7 Å². The van der Waals surface area contributed by atoms with E-state index in [1.807, 2.05) is 4.72 Å². The molecule has 2 amide bonds. The number of methoxy groups -OCH3 is 1. The number of aryl methyl sites for hydroxylation is 2. The smallest absolute Gasteiger partial charge is 0.411 e. The zero-order chi connectivity index (χ0) is 37.7. The quantitative estimate of drug-likeness (QED) is 0.274. The first kappa shape index (κ1) is 18.2. The SMILES string of the molecule is [2H]C([2H])([2H])Oc1cc(C(=O)NS(=O)(=O)c2ccccc2C([2H])([2H])[2H])ccc1Cc1cn(C)c2ccc(NC(=O)OC3CC([2H])([2H])C([2H])([2H])C3)cc12. The van der Waals surface area contributed by atoms with Crippen LogP contribution in [0.25, 0.3) is 10.9 Å². The number of nitrogens with one attached hydrogen (secondary N) is 2. The molecule has 10 heteroatoms. The molecule has 41 heavy (non-hydrogen) atoms. The normalized spacial score (nSPS) is 20.4. The van der Waals surface area contributed by atoms with Crippen LogP contribution in [-0.2, 0) is 28.2 Å². The van der Waals surface area contributed by atoms with Crippen molar-refractivity contribution in [2.45, 2.75) is 49.9 Å². The lowest BCUT2D eigenvalue weighted by molar-refractivity contribution is 0.0980. The highest BCUT2D eigenvalue weighted by atomic mass is 32.2. The van der Waals surface area contributed by atoms with Crippen molar-refractivity contribution in [1.29, 1.82) is 0 Å². The second-order valence-electron chi connectivity index (χ2n) is 9.44. The van der Waals surface area contributed by atoms with Gasteiger partial charge in [0.2, 0.25) is 0 Å². The molecular formula is C31H33N3O6S. The summed E-state index contributed by atoms with van der Waals surface area (Å²) in [4.78, 5) is 25.2. The highest BCUT2D eigenvalue weighted by Gasteiger charge is 2.22. The first-order chi connectivity index (χ1) is 23.5. The van der Waals surface area contributed by atoms with Gasteiger partial charge in [-0.25, -0.2) is 17.9 Å². The van der Waals surface area contributed by atoms with Gasteiger partial charge in [-0.05, 0) is 85.5 Å². The van der Waals surface area contributed by atoms with Crippen LogP contribution in [0.15, 0.2) is 71.8 Å². The Hall–Kier alpha value is -4.31. The average molecular weight is 586 g/mol. The number of anilines is 1.